The van der Waals surface area contributed by atoms with Crippen molar-refractivity contribution in [2.75, 3.05) is 9.80 Å². The SMILES string of the molecule is CC1(C)c2cc(N(c3ccccc3)c3cccc4ccccc34)ccc2-c2c1cc1c(-c3ccccc3F)c3c(cc1c2-c1ccccc1F)C(C)(C)c1cc(N(c2ccccc2)c2cccc4ccccc24)ccc1-3. The molecule has 14 rings (SSSR count). The average Bonchev–Trinajstić information content (AvgIpc) is 4.02. The molecule has 0 radical (unpaired) electrons. The molecule has 0 fully saturated rings. The van der Waals surface area contributed by atoms with Crippen molar-refractivity contribution in [2.24, 2.45) is 0 Å². The Morgan fingerprint density at radius 3 is 1.07 bits per heavy atom. The van der Waals surface area contributed by atoms with E-state index in [1.165, 1.54) is 0 Å². The van der Waals surface area contributed by atoms with Crippen LogP contribution in [0.2, 0.25) is 0 Å². The number of fused-ring (bicyclic) bond motifs is 9. The second kappa shape index (κ2) is 17.2. The first-order valence-electron chi connectivity index (χ1n) is 26.2. The quantitative estimate of drug-likeness (QED) is 0.150. The first kappa shape index (κ1) is 45.5. The van der Waals surface area contributed by atoms with Crippen molar-refractivity contribution >= 4 is 66.4 Å². The summed E-state index contributed by atoms with van der Waals surface area (Å²) in [7, 11) is 0. The summed E-state index contributed by atoms with van der Waals surface area (Å²) in [4.78, 5) is 4.70. The minimum Gasteiger partial charge on any atom is -0.310 e. The molecule has 0 spiro atoms. The molecule has 76 heavy (non-hydrogen) atoms. The fraction of sp³-hybridized carbons (Fsp3) is 0.0833. The molecule has 0 aliphatic heterocycles. The first-order valence-corrected chi connectivity index (χ1v) is 26.2. The molecule has 2 aliphatic carbocycles. The Bertz CT molecular complexity index is 4040. The van der Waals surface area contributed by atoms with E-state index in [2.05, 4.69) is 232 Å². The third-order valence-corrected chi connectivity index (χ3v) is 16.5. The lowest BCUT2D eigenvalue weighted by atomic mass is 9.76. The summed E-state index contributed by atoms with van der Waals surface area (Å²) >= 11 is 0. The van der Waals surface area contributed by atoms with Gasteiger partial charge in [0.05, 0.1) is 11.4 Å². The second-order valence-corrected chi connectivity index (χ2v) is 21.5. The molecular formula is C72H52F2N2. The topological polar surface area (TPSA) is 6.48 Å². The minimum atomic E-state index is -0.559. The summed E-state index contributed by atoms with van der Waals surface area (Å²) in [5.74, 6) is -0.610. The van der Waals surface area contributed by atoms with Gasteiger partial charge in [0.25, 0.3) is 0 Å². The Balaban J connectivity index is 1.03. The van der Waals surface area contributed by atoms with Crippen LogP contribution in [-0.4, -0.2) is 0 Å². The highest BCUT2D eigenvalue weighted by atomic mass is 19.1. The van der Waals surface area contributed by atoms with Crippen LogP contribution in [0.15, 0.2) is 243 Å². The maximum absolute atomic E-state index is 17.1. The van der Waals surface area contributed by atoms with E-state index in [0.717, 1.165) is 122 Å². The van der Waals surface area contributed by atoms with Crippen molar-refractivity contribution in [2.45, 2.75) is 38.5 Å². The molecule has 4 heteroatoms. The lowest BCUT2D eigenvalue weighted by Gasteiger charge is -2.29. The number of nitrogens with zero attached hydrogens (tertiary/aromatic N) is 2. The molecule has 0 heterocycles. The van der Waals surface area contributed by atoms with Gasteiger partial charge in [0, 0.05) is 66.6 Å². The Morgan fingerprint density at radius 1 is 0.276 bits per heavy atom. The van der Waals surface area contributed by atoms with Crippen molar-refractivity contribution in [1.29, 1.82) is 0 Å². The standard InChI is InChI=1S/C72H52F2N2/c1-71(2)59-41-49(75(47-25-7-5-8-26-47)65-35-19-23-45-21-11-13-29-51(45)65)37-39-53(59)69-61(71)43-57-58(67(69)55-31-15-17-33-63(55)73)44-62-70(68(57)56-32-16-18-34-64(56)74)54-40-38-50(42-60(54)72(62,3)4)76(48-27-9-6-10-28-48)66-36-20-24-46-22-12-14-30-52(46)66/h5-44H,1-4H3. The van der Waals surface area contributed by atoms with Gasteiger partial charge >= 0.3 is 0 Å². The molecule has 364 valence electrons. The molecule has 0 saturated heterocycles. The zero-order valence-electron chi connectivity index (χ0n) is 42.7. The van der Waals surface area contributed by atoms with E-state index in [-0.39, 0.29) is 11.6 Å². The zero-order chi connectivity index (χ0) is 51.5. The molecule has 0 aromatic heterocycles. The molecule has 12 aromatic rings. The number of hydrogen-bond acceptors (Lipinski definition) is 2. The Hall–Kier alpha value is -9.12. The Labute approximate surface area is 442 Å². The fourth-order valence-corrected chi connectivity index (χ4v) is 12.9. The van der Waals surface area contributed by atoms with Crippen LogP contribution < -0.4 is 9.80 Å². The van der Waals surface area contributed by atoms with E-state index in [4.69, 9.17) is 0 Å². The summed E-state index contributed by atoms with van der Waals surface area (Å²) in [5.41, 5.74) is 16.4. The molecule has 0 bridgehead atoms. The fourth-order valence-electron chi connectivity index (χ4n) is 12.9. The first-order chi connectivity index (χ1) is 37.1. The molecule has 0 N–H and O–H groups in total. The van der Waals surface area contributed by atoms with E-state index in [1.807, 2.05) is 24.3 Å². The van der Waals surface area contributed by atoms with E-state index in [0.29, 0.717) is 11.1 Å². The van der Waals surface area contributed by atoms with Gasteiger partial charge in [-0.05, 0) is 151 Å². The van der Waals surface area contributed by atoms with Gasteiger partial charge in [-0.2, -0.15) is 0 Å². The van der Waals surface area contributed by atoms with Crippen molar-refractivity contribution in [3.8, 4) is 44.5 Å². The Kier molecular flexibility index (Phi) is 10.3. The van der Waals surface area contributed by atoms with E-state index >= 15 is 8.78 Å². The summed E-state index contributed by atoms with van der Waals surface area (Å²) in [5, 5.41) is 6.40. The third-order valence-electron chi connectivity index (χ3n) is 16.5. The smallest absolute Gasteiger partial charge is 0.131 e. The number of halogens is 2. The third kappa shape index (κ3) is 6.83. The largest absolute Gasteiger partial charge is 0.310 e. The van der Waals surface area contributed by atoms with Crippen molar-refractivity contribution in [3.63, 3.8) is 0 Å². The van der Waals surface area contributed by atoms with Crippen molar-refractivity contribution < 1.29 is 8.78 Å². The summed E-state index contributed by atoms with van der Waals surface area (Å²) < 4.78 is 34.1. The molecule has 0 unspecified atom stereocenters. The van der Waals surface area contributed by atoms with Crippen LogP contribution in [0.25, 0.3) is 76.8 Å². The number of rotatable bonds is 8. The van der Waals surface area contributed by atoms with Gasteiger partial charge in [-0.1, -0.05) is 185 Å². The number of hydrogen-bond donors (Lipinski definition) is 0. The van der Waals surface area contributed by atoms with E-state index in [1.54, 1.807) is 24.3 Å². The van der Waals surface area contributed by atoms with E-state index < -0.39 is 10.8 Å². The van der Waals surface area contributed by atoms with Crippen LogP contribution in [0.3, 0.4) is 0 Å². The number of para-hydroxylation sites is 2. The van der Waals surface area contributed by atoms with Crippen LogP contribution >= 0.6 is 0 Å². The van der Waals surface area contributed by atoms with Crippen molar-refractivity contribution in [1.82, 2.24) is 0 Å². The predicted octanol–water partition coefficient (Wildman–Crippen LogP) is 20.3. The molecule has 0 atom stereocenters. The lowest BCUT2D eigenvalue weighted by molar-refractivity contribution is 0.630. The summed E-state index contributed by atoms with van der Waals surface area (Å²) in [6, 6.07) is 83.7. The normalized spacial score (nSPS) is 13.6. The average molecular weight is 983 g/mol. The molecule has 2 aliphatic rings. The van der Waals surface area contributed by atoms with Crippen LogP contribution in [0.4, 0.5) is 42.9 Å². The van der Waals surface area contributed by atoms with Gasteiger partial charge in [-0.15, -0.1) is 0 Å². The van der Waals surface area contributed by atoms with Gasteiger partial charge < -0.3 is 9.80 Å². The van der Waals surface area contributed by atoms with E-state index in [9.17, 15) is 0 Å². The summed E-state index contributed by atoms with van der Waals surface area (Å²) in [6.45, 7) is 9.14. The van der Waals surface area contributed by atoms with Gasteiger partial charge in [-0.3, -0.25) is 0 Å². The Morgan fingerprint density at radius 2 is 0.645 bits per heavy atom. The minimum absolute atomic E-state index is 0.305. The zero-order valence-corrected chi connectivity index (χ0v) is 42.7. The number of benzene rings is 12. The van der Waals surface area contributed by atoms with Crippen LogP contribution in [0, 0.1) is 11.6 Å². The highest BCUT2D eigenvalue weighted by Crippen LogP contribution is 2.61. The maximum Gasteiger partial charge on any atom is 0.131 e. The monoisotopic (exact) mass is 982 g/mol. The van der Waals surface area contributed by atoms with Crippen LogP contribution in [-0.2, 0) is 10.8 Å². The van der Waals surface area contributed by atoms with Crippen molar-refractivity contribution in [3.05, 3.63) is 277 Å². The highest BCUT2D eigenvalue weighted by molar-refractivity contribution is 6.17. The molecular weight excluding hydrogens is 931 g/mol. The van der Waals surface area contributed by atoms with Gasteiger partial charge in [0.2, 0.25) is 0 Å². The molecule has 0 saturated carbocycles. The highest BCUT2D eigenvalue weighted by Gasteiger charge is 2.43. The van der Waals surface area contributed by atoms with Gasteiger partial charge in [0.1, 0.15) is 11.6 Å². The van der Waals surface area contributed by atoms with Crippen LogP contribution in [0.5, 0.6) is 0 Å². The second-order valence-electron chi connectivity index (χ2n) is 21.5. The maximum atomic E-state index is 17.1. The molecule has 12 aromatic carbocycles. The number of anilines is 6. The van der Waals surface area contributed by atoms with Crippen LogP contribution in [0.1, 0.15) is 49.9 Å². The summed E-state index contributed by atoms with van der Waals surface area (Å²) in [6.07, 6.45) is 0. The lowest BCUT2D eigenvalue weighted by Crippen LogP contribution is -2.17. The molecule has 2 nitrogen and oxygen atoms in total. The van der Waals surface area contributed by atoms with Gasteiger partial charge in [-0.25, -0.2) is 8.78 Å². The molecule has 0 amide bonds. The predicted molar refractivity (Wildman–Crippen MR) is 314 cm³/mol. The van der Waals surface area contributed by atoms with Gasteiger partial charge in [0.15, 0.2) is 0 Å².